The van der Waals surface area contributed by atoms with E-state index in [-0.39, 0.29) is 5.91 Å². The second-order valence-corrected chi connectivity index (χ2v) is 7.53. The van der Waals surface area contributed by atoms with Gasteiger partial charge in [0, 0.05) is 29.6 Å². The molecular formula is C21H19N3O3S. The number of hydrogen-bond acceptors (Lipinski definition) is 5. The third-order valence-electron chi connectivity index (χ3n) is 4.42. The maximum atomic E-state index is 12.3. The number of nitrogens with one attached hydrogen (secondary N) is 1. The summed E-state index contributed by atoms with van der Waals surface area (Å²) in [6.07, 6.45) is 0.853. The van der Waals surface area contributed by atoms with Gasteiger partial charge in [-0.3, -0.25) is 9.36 Å². The van der Waals surface area contributed by atoms with E-state index in [1.165, 1.54) is 0 Å². The monoisotopic (exact) mass is 393 g/mol. The predicted octanol–water partition coefficient (Wildman–Crippen LogP) is 4.45. The number of oxazole rings is 1. The lowest BCUT2D eigenvalue weighted by atomic mass is 10.1. The first kappa shape index (κ1) is 18.2. The fraction of sp³-hybridized carbons (Fsp3) is 0.190. The number of anilines is 1. The van der Waals surface area contributed by atoms with E-state index >= 15 is 0 Å². The Bertz CT molecular complexity index is 1190. The number of fused-ring (bicyclic) bond motifs is 1. The molecule has 28 heavy (non-hydrogen) atoms. The molecule has 0 atom stereocenters. The summed E-state index contributed by atoms with van der Waals surface area (Å²) >= 11 is 1.60. The average Bonchev–Trinajstić information content (AvgIpc) is 3.25. The van der Waals surface area contributed by atoms with E-state index in [1.807, 2.05) is 54.8 Å². The Kier molecular flexibility index (Phi) is 5.08. The van der Waals surface area contributed by atoms with Crippen molar-refractivity contribution in [3.63, 3.8) is 0 Å². The lowest BCUT2D eigenvalue weighted by molar-refractivity contribution is -0.116. The minimum Gasteiger partial charge on any atom is -0.408 e. The molecule has 0 aliphatic rings. The Morgan fingerprint density at radius 2 is 2.07 bits per heavy atom. The van der Waals surface area contributed by atoms with Crippen molar-refractivity contribution in [1.82, 2.24) is 9.55 Å². The Balaban J connectivity index is 1.37. The van der Waals surface area contributed by atoms with Gasteiger partial charge in [-0.1, -0.05) is 24.3 Å². The number of carbonyl (C=O) groups excluding carboxylic acids is 1. The second-order valence-electron chi connectivity index (χ2n) is 6.47. The zero-order valence-corrected chi connectivity index (χ0v) is 16.2. The first-order chi connectivity index (χ1) is 13.6. The zero-order valence-electron chi connectivity index (χ0n) is 15.3. The van der Waals surface area contributed by atoms with Crippen LogP contribution in [0.25, 0.3) is 22.4 Å². The molecule has 2 heterocycles. The van der Waals surface area contributed by atoms with Crippen LogP contribution in [0.3, 0.4) is 0 Å². The lowest BCUT2D eigenvalue weighted by Crippen LogP contribution is -2.17. The van der Waals surface area contributed by atoms with E-state index in [2.05, 4.69) is 10.3 Å². The van der Waals surface area contributed by atoms with Crippen molar-refractivity contribution in [2.45, 2.75) is 26.3 Å². The lowest BCUT2D eigenvalue weighted by Gasteiger charge is -2.07. The van der Waals surface area contributed by atoms with Gasteiger partial charge in [0.1, 0.15) is 0 Å². The minimum absolute atomic E-state index is 0.0903. The van der Waals surface area contributed by atoms with Crippen LogP contribution >= 0.6 is 11.3 Å². The summed E-state index contributed by atoms with van der Waals surface area (Å²) in [7, 11) is 0. The van der Waals surface area contributed by atoms with Gasteiger partial charge in [0.15, 0.2) is 5.58 Å². The smallest absolute Gasteiger partial charge is 0.408 e. The van der Waals surface area contributed by atoms with Crippen LogP contribution in [0.2, 0.25) is 0 Å². The fourth-order valence-corrected chi connectivity index (χ4v) is 3.72. The van der Waals surface area contributed by atoms with Gasteiger partial charge < -0.3 is 9.73 Å². The summed E-state index contributed by atoms with van der Waals surface area (Å²) in [4.78, 5) is 28.8. The van der Waals surface area contributed by atoms with Gasteiger partial charge in [0.25, 0.3) is 0 Å². The largest absolute Gasteiger partial charge is 0.419 e. The van der Waals surface area contributed by atoms with E-state index in [4.69, 9.17) is 4.42 Å². The molecule has 7 heteroatoms. The van der Waals surface area contributed by atoms with Crippen LogP contribution < -0.4 is 11.1 Å². The first-order valence-electron chi connectivity index (χ1n) is 9.01. The molecule has 1 amide bonds. The number of benzene rings is 2. The van der Waals surface area contributed by atoms with E-state index in [0.717, 1.165) is 27.5 Å². The van der Waals surface area contributed by atoms with Crippen LogP contribution in [-0.2, 0) is 11.3 Å². The summed E-state index contributed by atoms with van der Waals surface area (Å²) in [5.74, 6) is -0.486. The number of carbonyl (C=O) groups is 1. The molecule has 4 rings (SSSR count). The highest BCUT2D eigenvalue weighted by Crippen LogP contribution is 2.24. The fourth-order valence-electron chi connectivity index (χ4n) is 3.10. The highest BCUT2D eigenvalue weighted by atomic mass is 32.1. The summed E-state index contributed by atoms with van der Waals surface area (Å²) in [5.41, 5.74) is 3.92. The van der Waals surface area contributed by atoms with E-state index in [1.54, 1.807) is 22.0 Å². The van der Waals surface area contributed by atoms with Crippen LogP contribution in [0.15, 0.2) is 63.1 Å². The Labute approximate surface area is 165 Å². The highest BCUT2D eigenvalue weighted by Gasteiger charge is 2.10. The van der Waals surface area contributed by atoms with Crippen molar-refractivity contribution in [2.24, 2.45) is 0 Å². The summed E-state index contributed by atoms with van der Waals surface area (Å²) in [6.45, 7) is 2.40. The normalized spacial score (nSPS) is 11.0. The van der Waals surface area contributed by atoms with Crippen molar-refractivity contribution in [3.05, 3.63) is 69.5 Å². The Morgan fingerprint density at radius 1 is 1.21 bits per heavy atom. The van der Waals surface area contributed by atoms with Crippen LogP contribution in [0, 0.1) is 6.92 Å². The van der Waals surface area contributed by atoms with Crippen LogP contribution in [0.4, 0.5) is 5.69 Å². The van der Waals surface area contributed by atoms with E-state index in [0.29, 0.717) is 25.0 Å². The van der Waals surface area contributed by atoms with Crippen molar-refractivity contribution >= 4 is 34.0 Å². The van der Waals surface area contributed by atoms with Crippen LogP contribution in [0.5, 0.6) is 0 Å². The quantitative estimate of drug-likeness (QED) is 0.525. The summed E-state index contributed by atoms with van der Waals surface area (Å²) in [6, 6.07) is 14.9. The maximum absolute atomic E-state index is 12.3. The average molecular weight is 393 g/mol. The number of para-hydroxylation sites is 2. The minimum atomic E-state index is -0.395. The number of rotatable bonds is 6. The zero-order chi connectivity index (χ0) is 19.5. The molecule has 0 saturated carbocycles. The molecule has 0 aliphatic heterocycles. The topological polar surface area (TPSA) is 77.1 Å². The number of hydrogen-bond donors (Lipinski definition) is 1. The molecule has 0 fully saturated rings. The van der Waals surface area contributed by atoms with Crippen molar-refractivity contribution in [3.8, 4) is 11.3 Å². The highest BCUT2D eigenvalue weighted by molar-refractivity contribution is 7.09. The second kappa shape index (κ2) is 7.82. The van der Waals surface area contributed by atoms with Crippen LogP contribution in [0.1, 0.15) is 17.8 Å². The number of nitrogens with zero attached hydrogens (tertiary/aromatic N) is 2. The number of amides is 1. The predicted molar refractivity (Wildman–Crippen MR) is 111 cm³/mol. The summed E-state index contributed by atoms with van der Waals surface area (Å²) < 4.78 is 6.77. The number of thiazole rings is 1. The number of aryl methyl sites for hydroxylation is 2. The molecule has 0 bridgehead atoms. The SMILES string of the molecule is Cc1nc(-c2cccc(NC(=O)CCCn3c(=O)oc4ccccc43)c2)cs1. The molecular weight excluding hydrogens is 374 g/mol. The Morgan fingerprint density at radius 3 is 2.89 bits per heavy atom. The molecule has 0 spiro atoms. The van der Waals surface area contributed by atoms with Gasteiger partial charge in [0.2, 0.25) is 5.91 Å². The molecule has 0 saturated heterocycles. The van der Waals surface area contributed by atoms with Crippen molar-refractivity contribution in [2.75, 3.05) is 5.32 Å². The molecule has 0 unspecified atom stereocenters. The van der Waals surface area contributed by atoms with E-state index in [9.17, 15) is 9.59 Å². The van der Waals surface area contributed by atoms with Crippen molar-refractivity contribution in [1.29, 1.82) is 0 Å². The van der Waals surface area contributed by atoms with Gasteiger partial charge >= 0.3 is 5.76 Å². The van der Waals surface area contributed by atoms with Crippen molar-refractivity contribution < 1.29 is 9.21 Å². The van der Waals surface area contributed by atoms with Gasteiger partial charge in [-0.05, 0) is 37.6 Å². The molecule has 2 aromatic carbocycles. The molecule has 0 radical (unpaired) electrons. The molecule has 2 aromatic heterocycles. The van der Waals surface area contributed by atoms with Gasteiger partial charge in [-0.2, -0.15) is 0 Å². The first-order valence-corrected chi connectivity index (χ1v) is 9.89. The standard InChI is InChI=1S/C21H19N3O3S/c1-14-22-17(13-28-14)15-6-4-7-16(12-15)23-20(25)10-5-11-24-18-8-2-3-9-19(18)27-21(24)26/h2-4,6-9,12-13H,5,10-11H2,1H3,(H,23,25). The molecule has 1 N–H and O–H groups in total. The van der Waals surface area contributed by atoms with Gasteiger partial charge in [-0.15, -0.1) is 11.3 Å². The Hall–Kier alpha value is -3.19. The molecule has 6 nitrogen and oxygen atoms in total. The summed E-state index contributed by atoms with van der Waals surface area (Å²) in [5, 5.41) is 5.93. The van der Waals surface area contributed by atoms with Gasteiger partial charge in [0.05, 0.1) is 16.2 Å². The number of aromatic nitrogens is 2. The third-order valence-corrected chi connectivity index (χ3v) is 5.19. The van der Waals surface area contributed by atoms with Gasteiger partial charge in [-0.25, -0.2) is 9.78 Å². The van der Waals surface area contributed by atoms with Crippen LogP contribution in [-0.4, -0.2) is 15.5 Å². The van der Waals surface area contributed by atoms with E-state index < -0.39 is 5.76 Å². The maximum Gasteiger partial charge on any atom is 0.419 e. The molecule has 0 aliphatic carbocycles. The molecule has 142 valence electrons. The molecule has 4 aromatic rings. The third kappa shape index (κ3) is 3.89.